The molecular formula is C27H36N2O4. The molecule has 0 spiro atoms. The van der Waals surface area contributed by atoms with E-state index in [1.54, 1.807) is 4.90 Å². The fourth-order valence-corrected chi connectivity index (χ4v) is 4.76. The number of benzene rings is 2. The summed E-state index contributed by atoms with van der Waals surface area (Å²) in [6.45, 7) is 8.58. The molecule has 2 bridgehead atoms. The van der Waals surface area contributed by atoms with Crippen molar-refractivity contribution in [2.75, 3.05) is 39.5 Å². The fourth-order valence-electron chi connectivity index (χ4n) is 4.76. The topological polar surface area (TPSA) is 62.2 Å². The van der Waals surface area contributed by atoms with Crippen LogP contribution in [0.1, 0.15) is 53.7 Å². The Labute approximate surface area is 197 Å². The molecule has 6 heteroatoms. The zero-order chi connectivity index (χ0) is 23.2. The number of amides is 1. The number of hydrogen-bond acceptors (Lipinski definition) is 5. The average Bonchev–Trinajstić information content (AvgIpc) is 3.29. The Kier molecular flexibility index (Phi) is 8.02. The molecule has 2 aromatic carbocycles. The van der Waals surface area contributed by atoms with Crippen LogP contribution in [0, 0.1) is 0 Å². The van der Waals surface area contributed by atoms with E-state index in [-0.39, 0.29) is 18.6 Å². The highest BCUT2D eigenvalue weighted by atomic mass is 16.5. The van der Waals surface area contributed by atoms with Gasteiger partial charge in [0.15, 0.2) is 0 Å². The van der Waals surface area contributed by atoms with E-state index in [0.717, 1.165) is 37.2 Å². The quantitative estimate of drug-likeness (QED) is 0.773. The number of aliphatic hydroxyl groups excluding tert-OH is 1. The van der Waals surface area contributed by atoms with E-state index in [1.165, 1.54) is 11.1 Å². The molecule has 0 aliphatic carbocycles. The number of ether oxygens (including phenoxy) is 2. The van der Waals surface area contributed by atoms with E-state index >= 15 is 0 Å². The zero-order valence-corrected chi connectivity index (χ0v) is 19.8. The van der Waals surface area contributed by atoms with Gasteiger partial charge in [0.2, 0.25) is 0 Å². The number of nitrogens with zero attached hydrogens (tertiary/aromatic N) is 2. The highest BCUT2D eigenvalue weighted by Gasteiger charge is 2.29. The van der Waals surface area contributed by atoms with E-state index in [9.17, 15) is 9.90 Å². The summed E-state index contributed by atoms with van der Waals surface area (Å²) in [5, 5.41) is 9.64. The molecule has 2 aliphatic heterocycles. The molecule has 33 heavy (non-hydrogen) atoms. The third-order valence-corrected chi connectivity index (χ3v) is 6.67. The van der Waals surface area contributed by atoms with Crippen molar-refractivity contribution in [2.45, 2.75) is 51.7 Å². The fraction of sp³-hybridized carbons (Fsp3) is 0.519. The number of hydrogen-bond donors (Lipinski definition) is 1. The SMILES string of the molecule is CC(C)N1CCOCCOc2ccc(C(=O)N3CCCC3CO)cc2Cc2cccc(c2)C1. The second-order valence-corrected chi connectivity index (χ2v) is 9.32. The van der Waals surface area contributed by atoms with Gasteiger partial charge in [0.25, 0.3) is 5.91 Å². The number of carbonyl (C=O) groups excluding carboxylic acids is 1. The maximum atomic E-state index is 13.2. The second-order valence-electron chi connectivity index (χ2n) is 9.32. The molecule has 2 aromatic rings. The van der Waals surface area contributed by atoms with Gasteiger partial charge >= 0.3 is 0 Å². The van der Waals surface area contributed by atoms with Crippen LogP contribution in [0.2, 0.25) is 0 Å². The maximum Gasteiger partial charge on any atom is 0.254 e. The monoisotopic (exact) mass is 452 g/mol. The molecule has 2 aliphatic rings. The van der Waals surface area contributed by atoms with Crippen molar-refractivity contribution < 1.29 is 19.4 Å². The second kappa shape index (κ2) is 11.1. The Morgan fingerprint density at radius 3 is 2.76 bits per heavy atom. The molecule has 1 atom stereocenters. The van der Waals surface area contributed by atoms with E-state index in [0.29, 0.717) is 44.4 Å². The first-order valence-electron chi connectivity index (χ1n) is 12.1. The lowest BCUT2D eigenvalue weighted by Crippen LogP contribution is -2.37. The van der Waals surface area contributed by atoms with Crippen molar-refractivity contribution in [3.63, 3.8) is 0 Å². The predicted octanol–water partition coefficient (Wildman–Crippen LogP) is 3.49. The number of rotatable bonds is 3. The summed E-state index contributed by atoms with van der Waals surface area (Å²) in [7, 11) is 0. The Bertz CT molecular complexity index is 945. The van der Waals surface area contributed by atoms with E-state index in [4.69, 9.17) is 9.47 Å². The summed E-state index contributed by atoms with van der Waals surface area (Å²) in [6.07, 6.45) is 2.48. The summed E-state index contributed by atoms with van der Waals surface area (Å²) in [6, 6.07) is 14.7. The summed E-state index contributed by atoms with van der Waals surface area (Å²) >= 11 is 0. The minimum Gasteiger partial charge on any atom is -0.491 e. The Hall–Kier alpha value is -2.41. The molecule has 1 saturated heterocycles. The lowest BCUT2D eigenvalue weighted by atomic mass is 9.99. The van der Waals surface area contributed by atoms with Crippen LogP contribution < -0.4 is 4.74 Å². The normalized spacial score (nSPS) is 20.2. The van der Waals surface area contributed by atoms with Gasteiger partial charge in [-0.2, -0.15) is 0 Å². The smallest absolute Gasteiger partial charge is 0.254 e. The van der Waals surface area contributed by atoms with Gasteiger partial charge in [0.1, 0.15) is 12.4 Å². The molecule has 4 rings (SSSR count). The van der Waals surface area contributed by atoms with E-state index in [2.05, 4.69) is 43.0 Å². The van der Waals surface area contributed by atoms with E-state index in [1.807, 2.05) is 18.2 Å². The van der Waals surface area contributed by atoms with Gasteiger partial charge in [0.05, 0.1) is 25.9 Å². The molecule has 0 aromatic heterocycles. The van der Waals surface area contributed by atoms with Crippen LogP contribution in [0.3, 0.4) is 0 Å². The van der Waals surface area contributed by atoms with Gasteiger partial charge in [-0.25, -0.2) is 0 Å². The van der Waals surface area contributed by atoms with Crippen LogP contribution in [-0.4, -0.2) is 72.4 Å². The van der Waals surface area contributed by atoms with Crippen LogP contribution in [0.4, 0.5) is 0 Å². The van der Waals surface area contributed by atoms with Crippen molar-refractivity contribution in [1.82, 2.24) is 9.80 Å². The highest BCUT2D eigenvalue weighted by Crippen LogP contribution is 2.27. The Morgan fingerprint density at radius 2 is 1.94 bits per heavy atom. The molecule has 1 fully saturated rings. The minimum absolute atomic E-state index is 0.0139. The first-order valence-corrected chi connectivity index (χ1v) is 12.1. The van der Waals surface area contributed by atoms with Crippen LogP contribution in [0.5, 0.6) is 5.75 Å². The summed E-state index contributed by atoms with van der Waals surface area (Å²) in [4.78, 5) is 17.4. The Morgan fingerprint density at radius 1 is 1.09 bits per heavy atom. The van der Waals surface area contributed by atoms with Crippen LogP contribution in [0.25, 0.3) is 0 Å². The summed E-state index contributed by atoms with van der Waals surface area (Å²) in [5.74, 6) is 0.778. The van der Waals surface area contributed by atoms with E-state index < -0.39 is 0 Å². The van der Waals surface area contributed by atoms with Gasteiger partial charge in [-0.1, -0.05) is 24.3 Å². The predicted molar refractivity (Wildman–Crippen MR) is 129 cm³/mol. The van der Waals surface area contributed by atoms with Crippen LogP contribution >= 0.6 is 0 Å². The lowest BCUT2D eigenvalue weighted by Gasteiger charge is -2.27. The first kappa shape index (κ1) is 23.7. The number of likely N-dealkylation sites (tertiary alicyclic amines) is 1. The molecule has 0 radical (unpaired) electrons. The number of aliphatic hydroxyl groups is 1. The van der Waals surface area contributed by atoms with Crippen molar-refractivity contribution in [2.24, 2.45) is 0 Å². The molecular weight excluding hydrogens is 416 g/mol. The van der Waals surface area contributed by atoms with Crippen LogP contribution in [-0.2, 0) is 17.7 Å². The highest BCUT2D eigenvalue weighted by molar-refractivity contribution is 5.95. The van der Waals surface area contributed by atoms with Gasteiger partial charge < -0.3 is 19.5 Å². The van der Waals surface area contributed by atoms with Crippen molar-refractivity contribution in [1.29, 1.82) is 0 Å². The summed E-state index contributed by atoms with van der Waals surface area (Å²) < 4.78 is 11.9. The zero-order valence-electron chi connectivity index (χ0n) is 19.8. The number of carbonyl (C=O) groups is 1. The first-order chi connectivity index (χ1) is 16.0. The van der Waals surface area contributed by atoms with Gasteiger partial charge in [-0.15, -0.1) is 0 Å². The number of fused-ring (bicyclic) bond motifs is 3. The molecule has 2 heterocycles. The maximum absolute atomic E-state index is 13.2. The molecule has 1 amide bonds. The molecule has 0 saturated carbocycles. The van der Waals surface area contributed by atoms with Gasteiger partial charge in [-0.05, 0) is 61.6 Å². The third kappa shape index (κ3) is 5.94. The molecule has 178 valence electrons. The van der Waals surface area contributed by atoms with Crippen molar-refractivity contribution >= 4 is 5.91 Å². The molecule has 1 N–H and O–H groups in total. The van der Waals surface area contributed by atoms with Crippen molar-refractivity contribution in [3.8, 4) is 5.75 Å². The molecule has 6 nitrogen and oxygen atoms in total. The van der Waals surface area contributed by atoms with Crippen LogP contribution in [0.15, 0.2) is 42.5 Å². The standard InChI is InChI=1S/C27H36N2O4/c1-20(2)28-11-12-32-13-14-33-26-9-8-23(27(31)29-10-4-7-25(29)19-30)17-24(26)16-21-5-3-6-22(15-21)18-28/h3,5-6,8-9,15,17,20,25,30H,4,7,10-14,16,18-19H2,1-2H3. The molecule has 1 unspecified atom stereocenters. The van der Waals surface area contributed by atoms with Crippen molar-refractivity contribution in [3.05, 3.63) is 64.7 Å². The minimum atomic E-state index is -0.0832. The third-order valence-electron chi connectivity index (χ3n) is 6.67. The summed E-state index contributed by atoms with van der Waals surface area (Å²) in [5.41, 5.74) is 4.12. The largest absolute Gasteiger partial charge is 0.491 e. The van der Waals surface area contributed by atoms with Gasteiger partial charge in [0, 0.05) is 37.7 Å². The Balaban J connectivity index is 1.62. The average molecular weight is 453 g/mol. The lowest BCUT2D eigenvalue weighted by molar-refractivity contribution is 0.0675. The van der Waals surface area contributed by atoms with Gasteiger partial charge in [-0.3, -0.25) is 9.69 Å².